The number of hydrogen-bond donors (Lipinski definition) is 1. The first-order chi connectivity index (χ1) is 9.39. The van der Waals surface area contributed by atoms with Crippen LogP contribution in [0.25, 0.3) is 0 Å². The average Bonchev–Trinajstić information content (AvgIpc) is 2.23. The summed E-state index contributed by atoms with van der Waals surface area (Å²) < 4.78 is 10.5. The highest BCUT2D eigenvalue weighted by Gasteiger charge is 2.31. The van der Waals surface area contributed by atoms with Gasteiger partial charge >= 0.3 is 12.1 Å². The van der Waals surface area contributed by atoms with E-state index < -0.39 is 23.3 Å². The van der Waals surface area contributed by atoms with E-state index in [0.29, 0.717) is 6.54 Å². The second-order valence-corrected chi connectivity index (χ2v) is 7.08. The fraction of sp³-hybridized carbons (Fsp3) is 0.733. The van der Waals surface area contributed by atoms with E-state index in [-0.39, 0.29) is 36.7 Å². The first kappa shape index (κ1) is 20.6. The number of aliphatic hydroxyl groups is 1. The molecule has 0 bridgehead atoms. The number of carbonyl (C=O) groups is 2. The van der Waals surface area contributed by atoms with Gasteiger partial charge < -0.3 is 19.5 Å². The second-order valence-electron chi connectivity index (χ2n) is 7.08. The molecule has 128 valence electrons. The quantitative estimate of drug-likeness (QED) is 0.745. The maximum atomic E-state index is 12.0. The molecule has 1 heterocycles. The summed E-state index contributed by atoms with van der Waals surface area (Å²) in [6, 6.07) is 0. The molecule has 0 atom stereocenters. The molecule has 0 aliphatic carbocycles. The minimum absolute atomic E-state index is 0. The Labute approximate surface area is 137 Å². The van der Waals surface area contributed by atoms with Crippen molar-refractivity contribution in [1.82, 2.24) is 4.90 Å². The molecule has 0 aromatic carbocycles. The lowest BCUT2D eigenvalue weighted by Gasteiger charge is -2.31. The van der Waals surface area contributed by atoms with E-state index in [1.54, 1.807) is 41.5 Å². The molecule has 1 aliphatic rings. The molecule has 0 aromatic rings. The lowest BCUT2D eigenvalue weighted by atomic mass is 10.1. The van der Waals surface area contributed by atoms with Crippen LogP contribution in [-0.4, -0.2) is 46.4 Å². The van der Waals surface area contributed by atoms with Crippen LogP contribution < -0.4 is 0 Å². The predicted molar refractivity (Wildman–Crippen MR) is 85.2 cm³/mol. The number of carbonyl (C=O) groups excluding carboxylic acids is 2. The van der Waals surface area contributed by atoms with Gasteiger partial charge in [0.05, 0.1) is 12.1 Å². The van der Waals surface area contributed by atoms with E-state index in [4.69, 9.17) is 9.47 Å². The summed E-state index contributed by atoms with van der Waals surface area (Å²) in [5, 5.41) is 9.98. The molecule has 0 saturated carbocycles. The summed E-state index contributed by atoms with van der Waals surface area (Å²) in [5.41, 5.74) is -0.987. The van der Waals surface area contributed by atoms with Crippen molar-refractivity contribution in [3.8, 4) is 0 Å². The zero-order valence-electron chi connectivity index (χ0n) is 14.1. The molecular weight excluding hydrogens is 310 g/mol. The molecule has 1 aliphatic heterocycles. The highest BCUT2D eigenvalue weighted by Crippen LogP contribution is 2.22. The van der Waals surface area contributed by atoms with Crippen molar-refractivity contribution in [1.29, 1.82) is 0 Å². The standard InChI is InChI=1S/C15H25NO5.ClH/c1-14(2,3)20-12(18)10-7-8-16(9-11(10)17)13(19)21-15(4,5)6;/h17H,7-9H2,1-6H3;1H. The van der Waals surface area contributed by atoms with Crippen LogP contribution in [0, 0.1) is 0 Å². The Morgan fingerprint density at radius 3 is 1.95 bits per heavy atom. The molecule has 1 N–H and O–H groups in total. The number of halogens is 1. The second kappa shape index (κ2) is 7.22. The van der Waals surface area contributed by atoms with Gasteiger partial charge in [-0.3, -0.25) is 0 Å². The maximum absolute atomic E-state index is 12.0. The van der Waals surface area contributed by atoms with Gasteiger partial charge in [0.25, 0.3) is 0 Å². The zero-order valence-corrected chi connectivity index (χ0v) is 14.9. The molecule has 0 unspecified atom stereocenters. The molecule has 0 aromatic heterocycles. The molecule has 7 heteroatoms. The molecule has 6 nitrogen and oxygen atoms in total. The maximum Gasteiger partial charge on any atom is 0.410 e. The highest BCUT2D eigenvalue weighted by atomic mass is 35.5. The van der Waals surface area contributed by atoms with Crippen LogP contribution in [0.2, 0.25) is 0 Å². The number of hydrogen-bond acceptors (Lipinski definition) is 5. The molecule has 1 rings (SSSR count). The van der Waals surface area contributed by atoms with Crippen LogP contribution in [0.15, 0.2) is 11.3 Å². The third kappa shape index (κ3) is 6.56. The Bertz CT molecular complexity index is 460. The Balaban J connectivity index is 0.00000441. The molecule has 0 radical (unpaired) electrons. The van der Waals surface area contributed by atoms with Gasteiger partial charge in [0.1, 0.15) is 17.0 Å². The summed E-state index contributed by atoms with van der Waals surface area (Å²) in [6.45, 7) is 10.9. The van der Waals surface area contributed by atoms with Crippen LogP contribution in [0.1, 0.15) is 48.0 Å². The lowest BCUT2D eigenvalue weighted by molar-refractivity contribution is -0.150. The van der Waals surface area contributed by atoms with Gasteiger partial charge in [-0.1, -0.05) is 0 Å². The van der Waals surface area contributed by atoms with Crippen molar-refractivity contribution in [2.75, 3.05) is 13.1 Å². The minimum Gasteiger partial charge on any atom is -0.510 e. The van der Waals surface area contributed by atoms with Gasteiger partial charge in [0.2, 0.25) is 0 Å². The molecule has 0 fully saturated rings. The number of esters is 1. The molecular formula is C15H26ClNO5. The van der Waals surface area contributed by atoms with Crippen LogP contribution in [0.5, 0.6) is 0 Å². The van der Waals surface area contributed by atoms with Gasteiger partial charge in [-0.05, 0) is 41.5 Å². The largest absolute Gasteiger partial charge is 0.510 e. The van der Waals surface area contributed by atoms with E-state index >= 15 is 0 Å². The van der Waals surface area contributed by atoms with Crippen molar-refractivity contribution in [3.63, 3.8) is 0 Å². The molecule has 22 heavy (non-hydrogen) atoms. The Morgan fingerprint density at radius 1 is 1.05 bits per heavy atom. The Kier molecular flexibility index (Phi) is 6.75. The molecule has 0 saturated heterocycles. The van der Waals surface area contributed by atoms with E-state index in [1.807, 2.05) is 0 Å². The third-order valence-electron chi connectivity index (χ3n) is 2.62. The lowest BCUT2D eigenvalue weighted by Crippen LogP contribution is -2.42. The Morgan fingerprint density at radius 2 is 1.55 bits per heavy atom. The number of amides is 1. The Hall–Kier alpha value is -1.43. The van der Waals surface area contributed by atoms with Gasteiger partial charge in [0, 0.05) is 13.0 Å². The normalized spacial score (nSPS) is 16.0. The van der Waals surface area contributed by atoms with E-state index in [2.05, 4.69) is 0 Å². The summed E-state index contributed by atoms with van der Waals surface area (Å²) in [6.07, 6.45) is -0.253. The highest BCUT2D eigenvalue weighted by molar-refractivity contribution is 5.90. The monoisotopic (exact) mass is 335 g/mol. The van der Waals surface area contributed by atoms with Crippen molar-refractivity contribution < 1.29 is 24.2 Å². The fourth-order valence-electron chi connectivity index (χ4n) is 1.79. The number of ether oxygens (including phenoxy) is 2. The SMILES string of the molecule is CC(C)(C)OC(=O)C1=C(O)CN(C(=O)OC(C)(C)C)CC1.Cl. The average molecular weight is 336 g/mol. The number of aliphatic hydroxyl groups excluding tert-OH is 1. The summed E-state index contributed by atoms with van der Waals surface area (Å²) >= 11 is 0. The topological polar surface area (TPSA) is 76.1 Å². The van der Waals surface area contributed by atoms with Crippen molar-refractivity contribution in [3.05, 3.63) is 11.3 Å². The fourth-order valence-corrected chi connectivity index (χ4v) is 1.79. The first-order valence-electron chi connectivity index (χ1n) is 7.01. The predicted octanol–water partition coefficient (Wildman–Crippen LogP) is 3.20. The van der Waals surface area contributed by atoms with Gasteiger partial charge in [-0.25, -0.2) is 9.59 Å². The van der Waals surface area contributed by atoms with Crippen molar-refractivity contribution >= 4 is 24.5 Å². The summed E-state index contributed by atoms with van der Waals surface area (Å²) in [7, 11) is 0. The summed E-state index contributed by atoms with van der Waals surface area (Å²) in [5.74, 6) is -0.676. The van der Waals surface area contributed by atoms with Crippen LogP contribution in [-0.2, 0) is 14.3 Å². The van der Waals surface area contributed by atoms with E-state index in [0.717, 1.165) is 0 Å². The van der Waals surface area contributed by atoms with Crippen LogP contribution in [0.4, 0.5) is 4.79 Å². The van der Waals surface area contributed by atoms with E-state index in [1.165, 1.54) is 4.90 Å². The third-order valence-corrected chi connectivity index (χ3v) is 2.62. The smallest absolute Gasteiger partial charge is 0.410 e. The van der Waals surface area contributed by atoms with Gasteiger partial charge in [-0.2, -0.15) is 0 Å². The van der Waals surface area contributed by atoms with Crippen LogP contribution >= 0.6 is 12.4 Å². The van der Waals surface area contributed by atoms with Crippen molar-refractivity contribution in [2.45, 2.75) is 59.2 Å². The molecule has 0 spiro atoms. The zero-order chi connectivity index (χ0) is 16.4. The van der Waals surface area contributed by atoms with Crippen LogP contribution in [0.3, 0.4) is 0 Å². The van der Waals surface area contributed by atoms with Gasteiger partial charge in [0.15, 0.2) is 0 Å². The van der Waals surface area contributed by atoms with Crippen molar-refractivity contribution in [2.24, 2.45) is 0 Å². The van der Waals surface area contributed by atoms with E-state index in [9.17, 15) is 14.7 Å². The first-order valence-corrected chi connectivity index (χ1v) is 7.01. The summed E-state index contributed by atoms with van der Waals surface area (Å²) in [4.78, 5) is 25.2. The van der Waals surface area contributed by atoms with Gasteiger partial charge in [-0.15, -0.1) is 12.4 Å². The molecule has 1 amide bonds. The number of rotatable bonds is 1. The minimum atomic E-state index is -0.618. The number of nitrogens with zero attached hydrogens (tertiary/aromatic N) is 1.